The molecule has 0 aliphatic carbocycles. The van der Waals surface area contributed by atoms with E-state index in [0.717, 1.165) is 21.9 Å². The van der Waals surface area contributed by atoms with Gasteiger partial charge in [-0.1, -0.05) is 63.2 Å². The number of halogens is 2. The van der Waals surface area contributed by atoms with Crippen LogP contribution in [0.25, 0.3) is 55.4 Å². The normalized spacial score (nSPS) is 14.9. The van der Waals surface area contributed by atoms with Crippen LogP contribution in [-0.4, -0.2) is 17.5 Å². The Morgan fingerprint density at radius 2 is 1.43 bits per heavy atom. The second-order valence-corrected chi connectivity index (χ2v) is 15.4. The van der Waals surface area contributed by atoms with Crippen LogP contribution in [0.1, 0.15) is 26.3 Å². The van der Waals surface area contributed by atoms with Crippen LogP contribution in [0.15, 0.2) is 99.3 Å². The van der Waals surface area contributed by atoms with Gasteiger partial charge in [-0.3, -0.25) is 4.98 Å². The highest BCUT2D eigenvalue weighted by Gasteiger charge is 2.32. The maximum atomic E-state index is 15.7. The molecule has 2 aromatic heterocycles. The van der Waals surface area contributed by atoms with Gasteiger partial charge in [-0.05, 0) is 76.6 Å². The largest absolute Gasteiger partial charge is 0.455 e. The molecule has 0 amide bonds. The topological polar surface area (TPSA) is 26.0 Å². The number of nitrogens with zero attached hydrogens (tertiary/aromatic N) is 1. The number of furan rings is 1. The van der Waals surface area contributed by atoms with E-state index in [9.17, 15) is 4.39 Å². The summed E-state index contributed by atoms with van der Waals surface area (Å²) >= 11 is 0. The zero-order valence-corrected chi connectivity index (χ0v) is 23.9. The van der Waals surface area contributed by atoms with Crippen LogP contribution in [0.4, 0.5) is 8.78 Å². The van der Waals surface area contributed by atoms with Gasteiger partial charge in [-0.25, -0.2) is 8.78 Å². The minimum atomic E-state index is -1.24. The molecule has 1 aliphatic rings. The van der Waals surface area contributed by atoms with Gasteiger partial charge in [0.2, 0.25) is 0 Å². The average molecular weight is 550 g/mol. The molecule has 6 aromatic rings. The van der Waals surface area contributed by atoms with Crippen LogP contribution in [-0.2, 0) is 5.41 Å². The summed E-state index contributed by atoms with van der Waals surface area (Å²) in [5, 5.41) is 1.71. The van der Waals surface area contributed by atoms with Gasteiger partial charge < -0.3 is 4.42 Å². The van der Waals surface area contributed by atoms with Gasteiger partial charge in [0.25, 0.3) is 0 Å². The van der Waals surface area contributed by atoms with Crippen molar-refractivity contribution in [2.75, 3.05) is 12.5 Å². The molecule has 40 heavy (non-hydrogen) atoms. The molecule has 4 aromatic carbocycles. The second kappa shape index (κ2) is 8.52. The lowest BCUT2D eigenvalue weighted by molar-refractivity contribution is 0.519. The van der Waals surface area contributed by atoms with Crippen LogP contribution in [0.2, 0.25) is 0 Å². The van der Waals surface area contributed by atoms with E-state index in [0.29, 0.717) is 28.0 Å². The number of pyridine rings is 1. The first-order chi connectivity index (χ1) is 19.1. The summed E-state index contributed by atoms with van der Waals surface area (Å²) in [6, 6.07) is 25.7. The predicted molar refractivity (Wildman–Crippen MR) is 162 cm³/mol. The Kier molecular flexibility index (Phi) is 5.33. The Bertz CT molecular complexity index is 2000. The van der Waals surface area contributed by atoms with E-state index in [4.69, 9.17) is 4.42 Å². The molecule has 0 fully saturated rings. The van der Waals surface area contributed by atoms with Crippen molar-refractivity contribution in [1.29, 1.82) is 0 Å². The maximum absolute atomic E-state index is 15.7. The quantitative estimate of drug-likeness (QED) is 0.215. The smallest absolute Gasteiger partial charge is 0.146 e. The first-order valence-electron chi connectivity index (χ1n) is 13.3. The number of benzene rings is 4. The van der Waals surface area contributed by atoms with Crippen LogP contribution in [0.5, 0.6) is 0 Å². The summed E-state index contributed by atoms with van der Waals surface area (Å²) in [7, 11) is -1.24. The van der Waals surface area contributed by atoms with E-state index in [2.05, 4.69) is 53.9 Å². The van der Waals surface area contributed by atoms with Gasteiger partial charge in [0, 0.05) is 26.1 Å². The summed E-state index contributed by atoms with van der Waals surface area (Å²) in [5.41, 5.74) is 6.42. The fourth-order valence-electron chi connectivity index (χ4n) is 6.04. The third kappa shape index (κ3) is 3.57. The van der Waals surface area contributed by atoms with E-state index in [1.807, 2.05) is 45.0 Å². The number of fused-ring (bicyclic) bond motifs is 6. The Hall–Kier alpha value is -3.96. The molecular formula is C35H29F2NOS. The number of para-hydroxylation sites is 1. The molecule has 0 saturated heterocycles. The van der Waals surface area contributed by atoms with Crippen molar-refractivity contribution < 1.29 is 13.2 Å². The van der Waals surface area contributed by atoms with E-state index >= 15 is 4.39 Å². The minimum Gasteiger partial charge on any atom is -0.455 e. The summed E-state index contributed by atoms with van der Waals surface area (Å²) in [6.07, 6.45) is 5.87. The standard InChI is InChI=1S/C35H29F2NOS/c1-35(2,3)26-18-29(38-19-28(26)37)25-11-8-10-23-24-15-16-27(36)32(34(24)39-33(23)25)20-13-14-22-21-9-6-7-12-30(21)40(4,5)31(22)17-20/h6-19H,1-5H3. The molecule has 0 unspecified atom stereocenters. The molecule has 0 N–H and O–H groups in total. The Labute approximate surface area is 234 Å². The summed E-state index contributed by atoms with van der Waals surface area (Å²) < 4.78 is 36.9. The van der Waals surface area contributed by atoms with Crippen LogP contribution in [0, 0.1) is 11.6 Å². The fraction of sp³-hybridized carbons (Fsp3) is 0.171. The third-order valence-corrected chi connectivity index (χ3v) is 11.0. The molecule has 0 spiro atoms. The minimum absolute atomic E-state index is 0.328. The number of hydrogen-bond acceptors (Lipinski definition) is 2. The Morgan fingerprint density at radius 3 is 2.23 bits per heavy atom. The van der Waals surface area contributed by atoms with Crippen molar-refractivity contribution in [3.05, 3.63) is 102 Å². The van der Waals surface area contributed by atoms with E-state index in [1.54, 1.807) is 12.1 Å². The lowest BCUT2D eigenvalue weighted by Crippen LogP contribution is -2.14. The summed E-state index contributed by atoms with van der Waals surface area (Å²) in [4.78, 5) is 7.02. The average Bonchev–Trinajstić information content (AvgIpc) is 3.41. The molecule has 2 nitrogen and oxygen atoms in total. The summed E-state index contributed by atoms with van der Waals surface area (Å²) in [6.45, 7) is 5.93. The SMILES string of the molecule is CC(C)(C)c1cc(-c2cccc3c2oc2c(-c4ccc5c(c4)S(C)(C)c4ccccc4-5)c(F)ccc23)ncc1F. The molecule has 200 valence electrons. The van der Waals surface area contributed by atoms with Gasteiger partial charge in [-0.2, -0.15) is 10.0 Å². The monoisotopic (exact) mass is 549 g/mol. The Morgan fingerprint density at radius 1 is 0.700 bits per heavy atom. The lowest BCUT2D eigenvalue weighted by atomic mass is 9.86. The van der Waals surface area contributed by atoms with Crippen molar-refractivity contribution in [3.63, 3.8) is 0 Å². The zero-order valence-electron chi connectivity index (χ0n) is 23.1. The van der Waals surface area contributed by atoms with Crippen molar-refractivity contribution in [2.45, 2.75) is 36.0 Å². The first kappa shape index (κ1) is 25.0. The molecule has 0 bridgehead atoms. The van der Waals surface area contributed by atoms with E-state index in [-0.39, 0.29) is 17.0 Å². The highest BCUT2D eigenvalue weighted by atomic mass is 32.3. The highest BCUT2D eigenvalue weighted by molar-refractivity contribution is 8.33. The van der Waals surface area contributed by atoms with Gasteiger partial charge in [0.15, 0.2) is 0 Å². The van der Waals surface area contributed by atoms with Crippen LogP contribution >= 0.6 is 10.0 Å². The lowest BCUT2D eigenvalue weighted by Gasteiger charge is -2.28. The zero-order chi connectivity index (χ0) is 28.0. The molecule has 0 atom stereocenters. The number of rotatable bonds is 2. The molecule has 0 saturated carbocycles. The summed E-state index contributed by atoms with van der Waals surface area (Å²) in [5.74, 6) is -0.660. The number of aromatic nitrogens is 1. The van der Waals surface area contributed by atoms with Gasteiger partial charge in [0.05, 0.1) is 17.5 Å². The van der Waals surface area contributed by atoms with Crippen molar-refractivity contribution in [1.82, 2.24) is 4.98 Å². The number of hydrogen-bond donors (Lipinski definition) is 0. The molecule has 7 rings (SSSR count). The van der Waals surface area contributed by atoms with Crippen LogP contribution < -0.4 is 0 Å². The second-order valence-electron chi connectivity index (χ2n) is 11.9. The van der Waals surface area contributed by atoms with Gasteiger partial charge >= 0.3 is 0 Å². The van der Waals surface area contributed by atoms with E-state index < -0.39 is 10.0 Å². The fourth-order valence-corrected chi connectivity index (χ4v) is 8.58. The molecule has 1 aliphatic heterocycles. The van der Waals surface area contributed by atoms with Crippen molar-refractivity contribution >= 4 is 32.0 Å². The molecule has 3 heterocycles. The van der Waals surface area contributed by atoms with Crippen molar-refractivity contribution in [2.24, 2.45) is 0 Å². The Balaban J connectivity index is 1.45. The molecule has 5 heteroatoms. The third-order valence-electron chi connectivity index (χ3n) is 8.10. The molecular weight excluding hydrogens is 520 g/mol. The van der Waals surface area contributed by atoms with Gasteiger partial charge in [-0.15, -0.1) is 0 Å². The van der Waals surface area contributed by atoms with Crippen LogP contribution in [0.3, 0.4) is 0 Å². The maximum Gasteiger partial charge on any atom is 0.146 e. The first-order valence-corrected chi connectivity index (χ1v) is 15.8. The highest BCUT2D eigenvalue weighted by Crippen LogP contribution is 2.67. The predicted octanol–water partition coefficient (Wildman–Crippen LogP) is 10.4. The van der Waals surface area contributed by atoms with E-state index in [1.165, 1.54) is 33.2 Å². The van der Waals surface area contributed by atoms with Crippen molar-refractivity contribution in [3.8, 4) is 33.5 Å². The molecule has 0 radical (unpaired) electrons. The van der Waals surface area contributed by atoms with Gasteiger partial charge in [0.1, 0.15) is 22.8 Å².